The molecule has 0 aromatic rings. The molecule has 0 aromatic heterocycles. The first-order chi connectivity index (χ1) is 12.8. The Labute approximate surface area is 194 Å². The highest BCUT2D eigenvalue weighted by Crippen LogP contribution is 2.37. The van der Waals surface area contributed by atoms with Gasteiger partial charge in [-0.1, -0.05) is 76.5 Å². The summed E-state index contributed by atoms with van der Waals surface area (Å²) in [6, 6.07) is -1.67. The van der Waals surface area contributed by atoms with Gasteiger partial charge in [0, 0.05) is 12.5 Å². The summed E-state index contributed by atoms with van der Waals surface area (Å²) in [6.45, 7) is 1.64. The van der Waals surface area contributed by atoms with Gasteiger partial charge in [0.25, 0.3) is 0 Å². The average Bonchev–Trinajstić information content (AvgIpc) is 2.89. The van der Waals surface area contributed by atoms with Crippen molar-refractivity contribution in [2.45, 2.75) is 64.9 Å². The lowest BCUT2D eigenvalue weighted by molar-refractivity contribution is -0.144. The monoisotopic (exact) mass is 516 g/mol. The number of halogens is 6. The molecule has 1 unspecified atom stereocenters. The van der Waals surface area contributed by atoms with Crippen molar-refractivity contribution < 1.29 is 19.4 Å². The van der Waals surface area contributed by atoms with Crippen molar-refractivity contribution in [3.05, 3.63) is 11.8 Å². The van der Waals surface area contributed by atoms with Crippen LogP contribution in [0.3, 0.4) is 0 Å². The number of nitrogens with zero attached hydrogens (tertiary/aromatic N) is 1. The maximum absolute atomic E-state index is 13.2. The molecule has 3 atom stereocenters. The SMILES string of the molecule is CCC(=O)N[C@@H](CCC(Cl)(Cl)Cl)C(=O)N1C(O)C=C(OC)[C@@H]1CCC(Cl)(Cl)Cl. The Balaban J connectivity index is 3.05. The van der Waals surface area contributed by atoms with Gasteiger partial charge in [-0.2, -0.15) is 0 Å². The zero-order chi connectivity index (χ0) is 21.7. The predicted molar refractivity (Wildman–Crippen MR) is 113 cm³/mol. The second-order valence-electron chi connectivity index (χ2n) is 6.23. The van der Waals surface area contributed by atoms with E-state index in [0.29, 0.717) is 5.76 Å². The highest BCUT2D eigenvalue weighted by molar-refractivity contribution is 6.67. The first-order valence-corrected chi connectivity index (χ1v) is 10.7. The Morgan fingerprint density at radius 3 is 2.25 bits per heavy atom. The van der Waals surface area contributed by atoms with Crippen LogP contribution in [0.5, 0.6) is 0 Å². The van der Waals surface area contributed by atoms with E-state index < -0.39 is 31.8 Å². The molecule has 1 rings (SSSR count). The predicted octanol–water partition coefficient (Wildman–Crippen LogP) is 4.24. The number of alkyl halides is 6. The number of rotatable bonds is 8. The summed E-state index contributed by atoms with van der Waals surface area (Å²) in [5, 5.41) is 13.0. The normalized spacial score (nSPS) is 21.3. The molecule has 0 radical (unpaired) electrons. The minimum atomic E-state index is -1.59. The zero-order valence-electron chi connectivity index (χ0n) is 15.2. The standard InChI is InChI=1S/C16H22Cl6N2O4/c1-3-12(25)23-9(4-6-15(17,18)19)14(27)24-10(5-7-16(20,21)22)11(28-2)8-13(24)26/h8-10,13,26H,3-7H2,1-2H3,(H,23,25)/t9-,10-,13?/m0/s1. The van der Waals surface area contributed by atoms with Gasteiger partial charge in [0.1, 0.15) is 11.8 Å². The fourth-order valence-electron chi connectivity index (χ4n) is 2.77. The molecule has 0 saturated heterocycles. The van der Waals surface area contributed by atoms with Crippen molar-refractivity contribution in [1.29, 1.82) is 0 Å². The van der Waals surface area contributed by atoms with E-state index in [1.165, 1.54) is 18.1 Å². The van der Waals surface area contributed by atoms with Crippen LogP contribution >= 0.6 is 69.6 Å². The van der Waals surface area contributed by atoms with E-state index in [9.17, 15) is 14.7 Å². The Hall–Kier alpha value is 0.180. The lowest BCUT2D eigenvalue weighted by Gasteiger charge is -2.33. The topological polar surface area (TPSA) is 78.9 Å². The van der Waals surface area contributed by atoms with E-state index in [0.717, 1.165) is 0 Å². The van der Waals surface area contributed by atoms with Gasteiger partial charge in [0.05, 0.1) is 13.2 Å². The third-order valence-electron chi connectivity index (χ3n) is 4.12. The number of amides is 2. The van der Waals surface area contributed by atoms with Crippen LogP contribution in [0.25, 0.3) is 0 Å². The third-order valence-corrected chi connectivity index (χ3v) is 5.26. The molecule has 12 heteroatoms. The average molecular weight is 519 g/mol. The number of carbonyl (C=O) groups excluding carboxylic acids is 2. The van der Waals surface area contributed by atoms with Crippen molar-refractivity contribution in [1.82, 2.24) is 10.2 Å². The van der Waals surface area contributed by atoms with Crippen LogP contribution in [-0.4, -0.2) is 54.8 Å². The molecule has 0 fully saturated rings. The van der Waals surface area contributed by atoms with Gasteiger partial charge in [0.15, 0.2) is 13.8 Å². The van der Waals surface area contributed by atoms with Crippen molar-refractivity contribution in [2.24, 2.45) is 0 Å². The summed E-state index contributed by atoms with van der Waals surface area (Å²) in [4.78, 5) is 26.2. The van der Waals surface area contributed by atoms with Crippen LogP contribution in [0, 0.1) is 0 Å². The van der Waals surface area contributed by atoms with Crippen LogP contribution in [0.1, 0.15) is 39.0 Å². The fourth-order valence-corrected chi connectivity index (χ4v) is 3.43. The lowest BCUT2D eigenvalue weighted by Crippen LogP contribution is -2.53. The number of methoxy groups -OCH3 is 1. The van der Waals surface area contributed by atoms with E-state index in [-0.39, 0.29) is 38.0 Å². The first kappa shape index (κ1) is 26.2. The van der Waals surface area contributed by atoms with Crippen LogP contribution in [-0.2, 0) is 14.3 Å². The Morgan fingerprint density at radius 1 is 1.21 bits per heavy atom. The maximum Gasteiger partial charge on any atom is 0.248 e. The first-order valence-electron chi connectivity index (χ1n) is 8.48. The zero-order valence-corrected chi connectivity index (χ0v) is 19.8. The van der Waals surface area contributed by atoms with Gasteiger partial charge in [-0.15, -0.1) is 0 Å². The molecular weight excluding hydrogens is 497 g/mol. The third kappa shape index (κ3) is 8.50. The van der Waals surface area contributed by atoms with Crippen molar-refractivity contribution in [3.8, 4) is 0 Å². The molecule has 162 valence electrons. The quantitative estimate of drug-likeness (QED) is 0.471. The van der Waals surface area contributed by atoms with E-state index in [2.05, 4.69) is 5.32 Å². The summed E-state index contributed by atoms with van der Waals surface area (Å²) in [6.07, 6.45) is 0.691. The maximum atomic E-state index is 13.2. The Kier molecular flexibility index (Phi) is 10.3. The number of ether oxygens (including phenoxy) is 1. The molecular formula is C16H22Cl6N2O4. The number of aliphatic hydroxyl groups is 1. The van der Waals surface area contributed by atoms with Crippen molar-refractivity contribution >= 4 is 81.4 Å². The summed E-state index contributed by atoms with van der Waals surface area (Å²) >= 11 is 34.8. The van der Waals surface area contributed by atoms with E-state index >= 15 is 0 Å². The highest BCUT2D eigenvalue weighted by atomic mass is 35.6. The summed E-state index contributed by atoms with van der Waals surface area (Å²) < 4.78 is 2.13. The fraction of sp³-hybridized carbons (Fsp3) is 0.750. The minimum Gasteiger partial charge on any atom is -0.499 e. The molecule has 1 aliphatic heterocycles. The molecule has 0 aliphatic carbocycles. The molecule has 1 aliphatic rings. The number of nitrogens with one attached hydrogen (secondary N) is 1. The Morgan fingerprint density at radius 2 is 1.79 bits per heavy atom. The molecule has 0 saturated carbocycles. The van der Waals surface area contributed by atoms with Crippen LogP contribution < -0.4 is 5.32 Å². The lowest BCUT2D eigenvalue weighted by atomic mass is 10.1. The van der Waals surface area contributed by atoms with Crippen LogP contribution in [0.2, 0.25) is 0 Å². The highest BCUT2D eigenvalue weighted by Gasteiger charge is 2.42. The van der Waals surface area contributed by atoms with Crippen LogP contribution in [0.4, 0.5) is 0 Å². The largest absolute Gasteiger partial charge is 0.499 e. The second-order valence-corrected chi connectivity index (χ2v) is 11.3. The number of aliphatic hydroxyl groups excluding tert-OH is 1. The number of hydrogen-bond acceptors (Lipinski definition) is 4. The van der Waals surface area contributed by atoms with E-state index in [4.69, 9.17) is 74.3 Å². The number of hydrogen-bond donors (Lipinski definition) is 2. The smallest absolute Gasteiger partial charge is 0.248 e. The second kappa shape index (κ2) is 11.0. The van der Waals surface area contributed by atoms with E-state index in [1.54, 1.807) is 6.92 Å². The Bertz CT molecular complexity index is 591. The van der Waals surface area contributed by atoms with Gasteiger partial charge in [-0.3, -0.25) is 9.59 Å². The van der Waals surface area contributed by atoms with Gasteiger partial charge in [-0.05, 0) is 25.7 Å². The van der Waals surface area contributed by atoms with Crippen molar-refractivity contribution in [2.75, 3.05) is 7.11 Å². The molecule has 2 amide bonds. The van der Waals surface area contributed by atoms with Gasteiger partial charge in [0.2, 0.25) is 11.8 Å². The molecule has 0 aromatic carbocycles. The van der Waals surface area contributed by atoms with E-state index in [1.807, 2.05) is 0 Å². The molecule has 2 N–H and O–H groups in total. The molecule has 1 heterocycles. The number of carbonyl (C=O) groups is 2. The molecule has 0 spiro atoms. The molecule has 0 bridgehead atoms. The van der Waals surface area contributed by atoms with Crippen LogP contribution in [0.15, 0.2) is 11.8 Å². The van der Waals surface area contributed by atoms with Gasteiger partial charge >= 0.3 is 0 Å². The minimum absolute atomic E-state index is 0.0192. The molecule has 6 nitrogen and oxygen atoms in total. The summed E-state index contributed by atoms with van der Waals surface area (Å²) in [5.41, 5.74) is 0. The summed E-state index contributed by atoms with van der Waals surface area (Å²) in [7, 11) is 1.41. The van der Waals surface area contributed by atoms with Gasteiger partial charge in [-0.25, -0.2) is 0 Å². The van der Waals surface area contributed by atoms with Gasteiger partial charge < -0.3 is 20.1 Å². The molecule has 28 heavy (non-hydrogen) atoms. The summed E-state index contributed by atoms with van der Waals surface area (Å²) in [5.74, 6) is -0.549. The van der Waals surface area contributed by atoms with Crippen molar-refractivity contribution in [3.63, 3.8) is 0 Å².